The average Bonchev–Trinajstić information content (AvgIpc) is 2.26. The van der Waals surface area contributed by atoms with Crippen molar-refractivity contribution in [3.05, 3.63) is 57.8 Å². The largest absolute Gasteiger partial charge is 0.457 e. The minimum Gasteiger partial charge on any atom is -0.457 e. The summed E-state index contributed by atoms with van der Waals surface area (Å²) in [6.45, 7) is 1.69. The summed E-state index contributed by atoms with van der Waals surface area (Å²) in [5.74, 6) is 0.388. The van der Waals surface area contributed by atoms with Crippen LogP contribution >= 0.6 is 23.2 Å². The molecule has 0 fully saturated rings. The number of halogens is 3. The maximum Gasteiger partial charge on any atom is 0.135 e. The second kappa shape index (κ2) is 5.78. The Kier molecular flexibility index (Phi) is 4.30. The van der Waals surface area contributed by atoms with Gasteiger partial charge in [-0.25, -0.2) is 4.39 Å². The van der Waals surface area contributed by atoms with Crippen molar-refractivity contribution >= 4 is 23.2 Å². The zero-order chi connectivity index (χ0) is 14.0. The number of hydrogen-bond acceptors (Lipinski definition) is 2. The fourth-order valence-electron chi connectivity index (χ4n) is 1.76. The van der Waals surface area contributed by atoms with E-state index in [1.807, 2.05) is 0 Å². The van der Waals surface area contributed by atoms with E-state index in [0.717, 1.165) is 0 Å². The van der Waals surface area contributed by atoms with E-state index in [1.54, 1.807) is 37.3 Å². The first-order chi connectivity index (χ1) is 8.97. The van der Waals surface area contributed by atoms with Crippen LogP contribution in [0.1, 0.15) is 18.5 Å². The Balaban J connectivity index is 2.40. The molecule has 0 heterocycles. The van der Waals surface area contributed by atoms with Crippen LogP contribution < -0.4 is 10.5 Å². The van der Waals surface area contributed by atoms with Gasteiger partial charge in [0.15, 0.2) is 0 Å². The average molecular weight is 300 g/mol. The van der Waals surface area contributed by atoms with Crippen LogP contribution in [-0.2, 0) is 0 Å². The van der Waals surface area contributed by atoms with Crippen molar-refractivity contribution in [1.29, 1.82) is 0 Å². The molecule has 2 aromatic carbocycles. The number of nitrogens with two attached hydrogens (primary N) is 1. The zero-order valence-electron chi connectivity index (χ0n) is 10.2. The summed E-state index contributed by atoms with van der Waals surface area (Å²) in [5.41, 5.74) is 6.07. The van der Waals surface area contributed by atoms with Crippen molar-refractivity contribution in [3.8, 4) is 11.5 Å². The summed E-state index contributed by atoms with van der Waals surface area (Å²) in [6, 6.07) is 8.86. The predicted octanol–water partition coefficient (Wildman–Crippen LogP) is 4.94. The monoisotopic (exact) mass is 299 g/mol. The van der Waals surface area contributed by atoms with Crippen molar-refractivity contribution in [2.75, 3.05) is 0 Å². The van der Waals surface area contributed by atoms with Gasteiger partial charge in [0.1, 0.15) is 17.3 Å². The van der Waals surface area contributed by atoms with Crippen LogP contribution in [0.25, 0.3) is 0 Å². The molecule has 0 aliphatic heterocycles. The molecule has 0 spiro atoms. The van der Waals surface area contributed by atoms with E-state index in [9.17, 15) is 4.39 Å². The molecule has 1 atom stereocenters. The van der Waals surface area contributed by atoms with Gasteiger partial charge in [-0.15, -0.1) is 0 Å². The third-order valence-electron chi connectivity index (χ3n) is 2.53. The smallest absolute Gasteiger partial charge is 0.135 e. The summed E-state index contributed by atoms with van der Waals surface area (Å²) >= 11 is 11.8. The predicted molar refractivity (Wildman–Crippen MR) is 75.5 cm³/mol. The van der Waals surface area contributed by atoms with Gasteiger partial charge >= 0.3 is 0 Å². The Morgan fingerprint density at radius 3 is 2.37 bits per heavy atom. The van der Waals surface area contributed by atoms with E-state index in [1.165, 1.54) is 6.07 Å². The van der Waals surface area contributed by atoms with E-state index in [2.05, 4.69) is 0 Å². The van der Waals surface area contributed by atoms with Gasteiger partial charge in [-0.3, -0.25) is 0 Å². The standard InChI is InChI=1S/C14H12Cl2FNO/c1-8(18)14-12(17)3-2-4-13(14)19-11-6-9(15)5-10(16)7-11/h2-8H,18H2,1H3/t8-/m0/s1. The molecule has 0 amide bonds. The molecule has 2 aromatic rings. The van der Waals surface area contributed by atoms with Crippen molar-refractivity contribution in [1.82, 2.24) is 0 Å². The topological polar surface area (TPSA) is 35.2 Å². The van der Waals surface area contributed by atoms with E-state index >= 15 is 0 Å². The second-order valence-corrected chi connectivity index (χ2v) is 5.02. The Bertz CT molecular complexity index is 582. The van der Waals surface area contributed by atoms with Crippen LogP contribution in [0.2, 0.25) is 10.0 Å². The molecular formula is C14H12Cl2FNO. The first-order valence-corrected chi connectivity index (χ1v) is 6.41. The molecule has 19 heavy (non-hydrogen) atoms. The minimum atomic E-state index is -0.481. The molecule has 0 aromatic heterocycles. The van der Waals surface area contributed by atoms with Gasteiger partial charge in [-0.05, 0) is 37.3 Å². The number of ether oxygens (including phenoxy) is 1. The molecule has 5 heteroatoms. The summed E-state index contributed by atoms with van der Waals surface area (Å²) < 4.78 is 19.4. The highest BCUT2D eigenvalue weighted by atomic mass is 35.5. The molecule has 0 unspecified atom stereocenters. The van der Waals surface area contributed by atoms with Crippen LogP contribution in [0, 0.1) is 5.82 Å². The van der Waals surface area contributed by atoms with Gasteiger partial charge in [0.2, 0.25) is 0 Å². The van der Waals surface area contributed by atoms with Crippen LogP contribution in [-0.4, -0.2) is 0 Å². The molecule has 0 saturated heterocycles. The quantitative estimate of drug-likeness (QED) is 0.871. The molecule has 0 aliphatic rings. The molecule has 2 N–H and O–H groups in total. The zero-order valence-corrected chi connectivity index (χ0v) is 11.7. The molecule has 2 rings (SSSR count). The fraction of sp³-hybridized carbons (Fsp3) is 0.143. The molecule has 0 saturated carbocycles. The normalized spacial score (nSPS) is 12.3. The van der Waals surface area contributed by atoms with Gasteiger partial charge < -0.3 is 10.5 Å². The number of hydrogen-bond donors (Lipinski definition) is 1. The van der Waals surface area contributed by atoms with Crippen LogP contribution in [0.4, 0.5) is 4.39 Å². The lowest BCUT2D eigenvalue weighted by Gasteiger charge is -2.14. The summed E-state index contributed by atoms with van der Waals surface area (Å²) in [4.78, 5) is 0. The Labute approximate surface area is 120 Å². The summed E-state index contributed by atoms with van der Waals surface area (Å²) in [5, 5.41) is 0.891. The highest BCUT2D eigenvalue weighted by Crippen LogP contribution is 2.33. The van der Waals surface area contributed by atoms with Gasteiger partial charge in [0, 0.05) is 21.7 Å². The maximum absolute atomic E-state index is 13.8. The molecule has 100 valence electrons. The van der Waals surface area contributed by atoms with Crippen molar-refractivity contribution in [2.24, 2.45) is 5.73 Å². The van der Waals surface area contributed by atoms with Gasteiger partial charge in [0.05, 0.1) is 0 Å². The van der Waals surface area contributed by atoms with E-state index in [4.69, 9.17) is 33.7 Å². The maximum atomic E-state index is 13.8. The Morgan fingerprint density at radius 1 is 1.16 bits per heavy atom. The third kappa shape index (κ3) is 3.38. The fourth-order valence-corrected chi connectivity index (χ4v) is 2.27. The lowest BCUT2D eigenvalue weighted by atomic mass is 10.1. The summed E-state index contributed by atoms with van der Waals surface area (Å²) in [6.07, 6.45) is 0. The molecular weight excluding hydrogens is 288 g/mol. The third-order valence-corrected chi connectivity index (χ3v) is 2.97. The highest BCUT2D eigenvalue weighted by Gasteiger charge is 2.14. The van der Waals surface area contributed by atoms with Gasteiger partial charge in [0.25, 0.3) is 0 Å². The lowest BCUT2D eigenvalue weighted by molar-refractivity contribution is 0.461. The first kappa shape index (κ1) is 14.1. The molecule has 0 bridgehead atoms. The Morgan fingerprint density at radius 2 is 1.79 bits per heavy atom. The Hall–Kier alpha value is -1.29. The number of benzene rings is 2. The molecule has 0 radical (unpaired) electrons. The number of rotatable bonds is 3. The van der Waals surface area contributed by atoms with E-state index < -0.39 is 11.9 Å². The minimum absolute atomic E-state index is 0.318. The van der Waals surface area contributed by atoms with Gasteiger partial charge in [-0.1, -0.05) is 29.3 Å². The van der Waals surface area contributed by atoms with Crippen molar-refractivity contribution in [3.63, 3.8) is 0 Å². The molecule has 2 nitrogen and oxygen atoms in total. The van der Waals surface area contributed by atoms with Crippen LogP contribution in [0.3, 0.4) is 0 Å². The van der Waals surface area contributed by atoms with Crippen LogP contribution in [0.5, 0.6) is 11.5 Å². The van der Waals surface area contributed by atoms with E-state index in [-0.39, 0.29) is 0 Å². The SMILES string of the molecule is C[C@H](N)c1c(F)cccc1Oc1cc(Cl)cc(Cl)c1. The van der Waals surface area contributed by atoms with Crippen LogP contribution in [0.15, 0.2) is 36.4 Å². The van der Waals surface area contributed by atoms with E-state index in [0.29, 0.717) is 27.1 Å². The van der Waals surface area contributed by atoms with Gasteiger partial charge in [-0.2, -0.15) is 0 Å². The van der Waals surface area contributed by atoms with Crippen molar-refractivity contribution < 1.29 is 9.13 Å². The first-order valence-electron chi connectivity index (χ1n) is 5.65. The summed E-state index contributed by atoms with van der Waals surface area (Å²) in [7, 11) is 0. The molecule has 0 aliphatic carbocycles. The second-order valence-electron chi connectivity index (χ2n) is 4.15. The highest BCUT2D eigenvalue weighted by molar-refractivity contribution is 6.34. The van der Waals surface area contributed by atoms with Crippen molar-refractivity contribution in [2.45, 2.75) is 13.0 Å². The lowest BCUT2D eigenvalue weighted by Crippen LogP contribution is -2.09.